The molecule has 0 saturated heterocycles. The van der Waals surface area contributed by atoms with Gasteiger partial charge in [0.15, 0.2) is 0 Å². The van der Waals surface area contributed by atoms with Gasteiger partial charge in [-0.25, -0.2) is 0 Å². The molecule has 0 heterocycles. The van der Waals surface area contributed by atoms with Crippen LogP contribution in [0.1, 0.15) is 12.5 Å². The lowest BCUT2D eigenvalue weighted by Gasteiger charge is -2.06. The minimum absolute atomic E-state index is 0.147. The summed E-state index contributed by atoms with van der Waals surface area (Å²) in [6.07, 6.45) is 0.442. The molecule has 1 rings (SSSR count). The Balaban J connectivity index is 3.01. The number of carbonyl (C=O) groups excluding carboxylic acids is 1. The van der Waals surface area contributed by atoms with Crippen LogP contribution in [0.4, 0.5) is 0 Å². The van der Waals surface area contributed by atoms with Gasteiger partial charge in [0.1, 0.15) is 11.5 Å². The van der Waals surface area contributed by atoms with Crippen LogP contribution in [-0.2, 0) is 11.2 Å². The van der Waals surface area contributed by atoms with Crippen molar-refractivity contribution in [2.75, 3.05) is 7.11 Å². The predicted octanol–water partition coefficient (Wildman–Crippen LogP) is 2.59. The third-order valence-corrected chi connectivity index (χ3v) is 2.60. The van der Waals surface area contributed by atoms with Gasteiger partial charge in [0.05, 0.1) is 11.6 Å². The Morgan fingerprint density at radius 2 is 2.23 bits per heavy atom. The van der Waals surface area contributed by atoms with Gasteiger partial charge in [-0.05, 0) is 34.5 Å². The number of halogens is 1. The second-order valence-corrected chi connectivity index (χ2v) is 3.61. The van der Waals surface area contributed by atoms with E-state index < -0.39 is 0 Å². The number of benzene rings is 1. The first kappa shape index (κ1) is 10.3. The van der Waals surface area contributed by atoms with Crippen molar-refractivity contribution < 1.29 is 9.53 Å². The zero-order valence-electron chi connectivity index (χ0n) is 7.63. The minimum Gasteiger partial charge on any atom is -0.496 e. The number of Topliss-reactive ketones (excluding diaryl/α,β-unsaturated/α-hetero) is 1. The molecule has 0 aromatic heterocycles. The predicted molar refractivity (Wildman–Crippen MR) is 55.1 cm³/mol. The molecule has 0 aliphatic carbocycles. The van der Waals surface area contributed by atoms with Crippen LogP contribution >= 0.6 is 15.9 Å². The van der Waals surface area contributed by atoms with E-state index in [-0.39, 0.29) is 5.78 Å². The molecule has 0 amide bonds. The molecule has 0 fully saturated rings. The van der Waals surface area contributed by atoms with Gasteiger partial charge in [0, 0.05) is 6.42 Å². The molecule has 13 heavy (non-hydrogen) atoms. The Morgan fingerprint density at radius 1 is 1.54 bits per heavy atom. The van der Waals surface area contributed by atoms with Crippen molar-refractivity contribution in [3.8, 4) is 5.75 Å². The second kappa shape index (κ2) is 4.42. The molecular weight excluding hydrogens is 232 g/mol. The SMILES string of the molecule is COc1cccc(CC(C)=O)c1Br. The van der Waals surface area contributed by atoms with Crippen molar-refractivity contribution in [2.45, 2.75) is 13.3 Å². The molecule has 0 atom stereocenters. The second-order valence-electron chi connectivity index (χ2n) is 2.81. The third kappa shape index (κ3) is 2.56. The van der Waals surface area contributed by atoms with Gasteiger partial charge >= 0.3 is 0 Å². The first-order chi connectivity index (χ1) is 6.15. The molecule has 0 spiro atoms. The molecule has 0 aliphatic rings. The van der Waals surface area contributed by atoms with Gasteiger partial charge in [0.25, 0.3) is 0 Å². The molecule has 0 unspecified atom stereocenters. The van der Waals surface area contributed by atoms with Crippen LogP contribution in [0.3, 0.4) is 0 Å². The number of ether oxygens (including phenoxy) is 1. The fourth-order valence-electron chi connectivity index (χ4n) is 1.12. The van der Waals surface area contributed by atoms with Crippen molar-refractivity contribution in [1.82, 2.24) is 0 Å². The Bertz CT molecular complexity index is 321. The lowest BCUT2D eigenvalue weighted by atomic mass is 10.1. The zero-order valence-corrected chi connectivity index (χ0v) is 9.22. The summed E-state index contributed by atoms with van der Waals surface area (Å²) in [4.78, 5) is 10.9. The van der Waals surface area contributed by atoms with E-state index >= 15 is 0 Å². The van der Waals surface area contributed by atoms with Crippen LogP contribution in [0.15, 0.2) is 22.7 Å². The van der Waals surface area contributed by atoms with E-state index in [4.69, 9.17) is 4.74 Å². The first-order valence-electron chi connectivity index (χ1n) is 3.96. The topological polar surface area (TPSA) is 26.3 Å². The van der Waals surface area contributed by atoms with Crippen LogP contribution in [0.5, 0.6) is 5.75 Å². The minimum atomic E-state index is 0.147. The van der Waals surface area contributed by atoms with Gasteiger partial charge < -0.3 is 4.74 Å². The highest BCUT2D eigenvalue weighted by Gasteiger charge is 2.06. The van der Waals surface area contributed by atoms with E-state index in [0.717, 1.165) is 15.8 Å². The molecule has 1 aromatic carbocycles. The molecule has 1 aromatic rings. The van der Waals surface area contributed by atoms with Crippen molar-refractivity contribution >= 4 is 21.7 Å². The Labute approximate surface area is 86.0 Å². The van der Waals surface area contributed by atoms with Crippen molar-refractivity contribution in [3.05, 3.63) is 28.2 Å². The average Bonchev–Trinajstić information content (AvgIpc) is 2.08. The zero-order chi connectivity index (χ0) is 9.84. The Morgan fingerprint density at radius 3 is 2.77 bits per heavy atom. The maximum atomic E-state index is 10.9. The Hall–Kier alpha value is -0.830. The van der Waals surface area contributed by atoms with Crippen molar-refractivity contribution in [2.24, 2.45) is 0 Å². The van der Waals surface area contributed by atoms with E-state index in [2.05, 4.69) is 15.9 Å². The van der Waals surface area contributed by atoms with Crippen molar-refractivity contribution in [1.29, 1.82) is 0 Å². The summed E-state index contributed by atoms with van der Waals surface area (Å²) in [5.74, 6) is 0.910. The average molecular weight is 243 g/mol. The van der Waals surface area contributed by atoms with Crippen LogP contribution in [0.2, 0.25) is 0 Å². The fourth-order valence-corrected chi connectivity index (χ4v) is 1.68. The number of methoxy groups -OCH3 is 1. The highest BCUT2D eigenvalue weighted by atomic mass is 79.9. The third-order valence-electron chi connectivity index (χ3n) is 1.70. The number of rotatable bonds is 3. The van der Waals surface area contributed by atoms with E-state index in [0.29, 0.717) is 6.42 Å². The van der Waals surface area contributed by atoms with Gasteiger partial charge in [-0.15, -0.1) is 0 Å². The van der Waals surface area contributed by atoms with Gasteiger partial charge in [-0.3, -0.25) is 4.79 Å². The van der Waals surface area contributed by atoms with Gasteiger partial charge in [-0.1, -0.05) is 12.1 Å². The quantitative estimate of drug-likeness (QED) is 0.815. The summed E-state index contributed by atoms with van der Waals surface area (Å²) >= 11 is 3.39. The van der Waals surface area contributed by atoms with E-state index in [9.17, 15) is 4.79 Å². The van der Waals surface area contributed by atoms with E-state index in [1.165, 1.54) is 0 Å². The molecule has 0 aliphatic heterocycles. The van der Waals surface area contributed by atoms with E-state index in [1.54, 1.807) is 14.0 Å². The lowest BCUT2D eigenvalue weighted by molar-refractivity contribution is -0.116. The van der Waals surface area contributed by atoms with Gasteiger partial charge in [-0.2, -0.15) is 0 Å². The van der Waals surface area contributed by atoms with Crippen LogP contribution in [0.25, 0.3) is 0 Å². The molecule has 0 radical (unpaired) electrons. The van der Waals surface area contributed by atoms with Crippen molar-refractivity contribution in [3.63, 3.8) is 0 Å². The van der Waals surface area contributed by atoms with Crippen LogP contribution in [-0.4, -0.2) is 12.9 Å². The smallest absolute Gasteiger partial charge is 0.134 e. The van der Waals surface area contributed by atoms with Crippen LogP contribution in [0, 0.1) is 0 Å². The monoisotopic (exact) mass is 242 g/mol. The van der Waals surface area contributed by atoms with E-state index in [1.807, 2.05) is 18.2 Å². The summed E-state index contributed by atoms with van der Waals surface area (Å²) in [6, 6.07) is 5.64. The molecule has 0 bridgehead atoms. The van der Waals surface area contributed by atoms with Gasteiger partial charge in [0.2, 0.25) is 0 Å². The highest BCUT2D eigenvalue weighted by molar-refractivity contribution is 9.10. The largest absolute Gasteiger partial charge is 0.496 e. The molecule has 0 N–H and O–H groups in total. The number of hydrogen-bond acceptors (Lipinski definition) is 2. The maximum absolute atomic E-state index is 10.9. The summed E-state index contributed by atoms with van der Waals surface area (Å²) < 4.78 is 5.98. The first-order valence-corrected chi connectivity index (χ1v) is 4.75. The molecule has 0 saturated carbocycles. The summed E-state index contributed by atoms with van der Waals surface area (Å²) in [5.41, 5.74) is 0.965. The molecule has 3 heteroatoms. The van der Waals surface area contributed by atoms with Crippen LogP contribution < -0.4 is 4.74 Å². The molecule has 2 nitrogen and oxygen atoms in total. The lowest BCUT2D eigenvalue weighted by Crippen LogP contribution is -1.98. The Kier molecular flexibility index (Phi) is 3.48. The summed E-state index contributed by atoms with van der Waals surface area (Å²) in [6.45, 7) is 1.58. The number of hydrogen-bond donors (Lipinski definition) is 0. The maximum Gasteiger partial charge on any atom is 0.134 e. The normalized spacial score (nSPS) is 9.77. The number of carbonyl (C=O) groups is 1. The standard InChI is InChI=1S/C10H11BrO2/c1-7(12)6-8-4-3-5-9(13-2)10(8)11/h3-5H,6H2,1-2H3. The summed E-state index contributed by atoms with van der Waals surface area (Å²) in [5, 5.41) is 0. The molecule has 70 valence electrons. The highest BCUT2D eigenvalue weighted by Crippen LogP contribution is 2.28. The molecular formula is C10H11BrO2. The fraction of sp³-hybridized carbons (Fsp3) is 0.300. The summed E-state index contributed by atoms with van der Waals surface area (Å²) in [7, 11) is 1.61. The number of ketones is 1.